The molecule has 0 atom stereocenters. The fourth-order valence-corrected chi connectivity index (χ4v) is 3.68. The Kier molecular flexibility index (Phi) is 7.29. The predicted octanol–water partition coefficient (Wildman–Crippen LogP) is 2.35. The van der Waals surface area contributed by atoms with Crippen molar-refractivity contribution in [3.63, 3.8) is 0 Å². The number of fused-ring (bicyclic) bond motifs is 1. The molecule has 3 aromatic rings. The molecular formula is C21H26ClN5O4. The molecule has 9 nitrogen and oxygen atoms in total. The molecule has 31 heavy (non-hydrogen) atoms. The lowest BCUT2D eigenvalue weighted by Crippen LogP contribution is -2.43. The van der Waals surface area contributed by atoms with Crippen LogP contribution in [0.3, 0.4) is 0 Å². The van der Waals surface area contributed by atoms with Gasteiger partial charge in [-0.2, -0.15) is 0 Å². The number of aryl methyl sites for hydroxylation is 2. The van der Waals surface area contributed by atoms with E-state index in [1.165, 1.54) is 4.57 Å². The van der Waals surface area contributed by atoms with Crippen molar-refractivity contribution < 1.29 is 9.90 Å². The van der Waals surface area contributed by atoms with Crippen molar-refractivity contribution in [1.29, 1.82) is 0 Å². The van der Waals surface area contributed by atoms with Crippen LogP contribution in [0.1, 0.15) is 38.9 Å². The Bertz CT molecular complexity index is 1210. The number of amides is 1. The van der Waals surface area contributed by atoms with E-state index in [1.54, 1.807) is 28.8 Å². The summed E-state index contributed by atoms with van der Waals surface area (Å²) in [5, 5.41) is 12.8. The summed E-state index contributed by atoms with van der Waals surface area (Å²) in [6.45, 7) is 3.95. The number of nitrogens with one attached hydrogen (secondary N) is 1. The van der Waals surface area contributed by atoms with Gasteiger partial charge < -0.3 is 15.0 Å². The summed E-state index contributed by atoms with van der Waals surface area (Å²) in [5.41, 5.74) is -0.270. The van der Waals surface area contributed by atoms with E-state index in [4.69, 9.17) is 11.6 Å². The average Bonchev–Trinajstić information content (AvgIpc) is 3.10. The number of rotatable bonds is 9. The molecule has 1 aromatic carbocycles. The number of aliphatic hydroxyl groups excluding tert-OH is 1. The molecule has 2 N–H and O–H groups in total. The monoisotopic (exact) mass is 447 g/mol. The zero-order valence-electron chi connectivity index (χ0n) is 17.6. The van der Waals surface area contributed by atoms with E-state index in [2.05, 4.69) is 10.3 Å². The van der Waals surface area contributed by atoms with E-state index < -0.39 is 23.7 Å². The van der Waals surface area contributed by atoms with Gasteiger partial charge in [-0.15, -0.1) is 0 Å². The van der Waals surface area contributed by atoms with Crippen molar-refractivity contribution in [3.8, 4) is 0 Å². The van der Waals surface area contributed by atoms with Crippen molar-refractivity contribution in [2.75, 3.05) is 5.32 Å². The van der Waals surface area contributed by atoms with E-state index in [9.17, 15) is 19.5 Å². The van der Waals surface area contributed by atoms with Crippen LogP contribution in [-0.4, -0.2) is 29.7 Å². The maximum Gasteiger partial charge on any atom is 0.333 e. The number of carbonyl (C=O) groups excluding carboxylic acids is 1. The van der Waals surface area contributed by atoms with Gasteiger partial charge in [-0.25, -0.2) is 14.3 Å². The first kappa shape index (κ1) is 22.8. The van der Waals surface area contributed by atoms with E-state index in [0.29, 0.717) is 42.5 Å². The first-order chi connectivity index (χ1) is 14.9. The number of hydrogen-bond acceptors (Lipinski definition) is 5. The second kappa shape index (κ2) is 9.93. The topological polar surface area (TPSA) is 111 Å². The number of aliphatic hydroxyl groups is 1. The molecule has 3 rings (SSSR count). The summed E-state index contributed by atoms with van der Waals surface area (Å²) in [7, 11) is 0. The first-order valence-electron chi connectivity index (χ1n) is 10.3. The lowest BCUT2D eigenvalue weighted by Gasteiger charge is -2.13. The van der Waals surface area contributed by atoms with Crippen molar-refractivity contribution in [1.82, 2.24) is 18.7 Å². The number of aromatic nitrogens is 4. The number of benzene rings is 1. The van der Waals surface area contributed by atoms with E-state index in [0.717, 1.165) is 11.0 Å². The molecule has 0 saturated heterocycles. The zero-order valence-corrected chi connectivity index (χ0v) is 18.4. The number of halogens is 1. The minimum Gasteiger partial charge on any atom is -0.388 e. The molecule has 0 bridgehead atoms. The van der Waals surface area contributed by atoms with Gasteiger partial charge in [0.15, 0.2) is 11.2 Å². The molecular weight excluding hydrogens is 422 g/mol. The van der Waals surface area contributed by atoms with Gasteiger partial charge in [-0.1, -0.05) is 37.9 Å². The van der Waals surface area contributed by atoms with Crippen molar-refractivity contribution in [3.05, 3.63) is 56.0 Å². The Morgan fingerprint density at radius 1 is 1.13 bits per heavy atom. The fraction of sp³-hybridized carbons (Fsp3) is 0.429. The van der Waals surface area contributed by atoms with Gasteiger partial charge in [0.1, 0.15) is 19.0 Å². The molecule has 0 radical (unpaired) electrons. The summed E-state index contributed by atoms with van der Waals surface area (Å²) in [4.78, 5) is 43.4. The lowest BCUT2D eigenvalue weighted by molar-refractivity contribution is -0.116. The highest BCUT2D eigenvalue weighted by Gasteiger charge is 2.22. The number of hydrogen-bond donors (Lipinski definition) is 2. The minimum absolute atomic E-state index is 0.220. The first-order valence-corrected chi connectivity index (χ1v) is 10.7. The Hall–Kier alpha value is -2.91. The summed E-state index contributed by atoms with van der Waals surface area (Å²) >= 11 is 5.95. The number of nitrogens with zero attached hydrogens (tertiary/aromatic N) is 4. The third-order valence-corrected chi connectivity index (χ3v) is 5.16. The molecule has 2 aromatic heterocycles. The quantitative estimate of drug-likeness (QED) is 0.523. The lowest BCUT2D eigenvalue weighted by atomic mass is 10.3. The molecule has 166 valence electrons. The minimum atomic E-state index is -0.602. The Morgan fingerprint density at radius 2 is 1.90 bits per heavy atom. The highest BCUT2D eigenvalue weighted by molar-refractivity contribution is 6.30. The number of anilines is 1. The fourth-order valence-electron chi connectivity index (χ4n) is 3.49. The smallest absolute Gasteiger partial charge is 0.333 e. The maximum atomic E-state index is 13.2. The molecule has 0 spiro atoms. The van der Waals surface area contributed by atoms with Crippen LogP contribution in [0, 0.1) is 0 Å². The van der Waals surface area contributed by atoms with E-state index >= 15 is 0 Å². The number of carbonyl (C=O) groups is 1. The Labute approximate surface area is 183 Å². The molecule has 0 aliphatic heterocycles. The van der Waals surface area contributed by atoms with Crippen LogP contribution in [-0.2, 0) is 31.0 Å². The predicted molar refractivity (Wildman–Crippen MR) is 119 cm³/mol. The zero-order chi connectivity index (χ0) is 22.5. The second-order valence-electron chi connectivity index (χ2n) is 7.25. The maximum absolute atomic E-state index is 13.2. The second-order valence-corrected chi connectivity index (χ2v) is 7.68. The molecule has 0 unspecified atom stereocenters. The summed E-state index contributed by atoms with van der Waals surface area (Å²) in [6.07, 6.45) is 2.25. The number of imidazole rings is 1. The highest BCUT2D eigenvalue weighted by Crippen LogP contribution is 2.16. The van der Waals surface area contributed by atoms with Gasteiger partial charge in [0.05, 0.1) is 0 Å². The van der Waals surface area contributed by atoms with Gasteiger partial charge >= 0.3 is 5.69 Å². The van der Waals surface area contributed by atoms with Crippen LogP contribution in [0.2, 0.25) is 5.02 Å². The van der Waals surface area contributed by atoms with Gasteiger partial charge in [0.25, 0.3) is 5.56 Å². The molecule has 0 saturated carbocycles. The van der Waals surface area contributed by atoms with Gasteiger partial charge in [0, 0.05) is 23.8 Å². The SMILES string of the molecule is CCCCn1c(=O)n(CC(=O)Nc2cccc(Cl)c2)c(=O)c2c1nc(CO)n2CCC. The molecule has 0 aliphatic carbocycles. The molecule has 10 heteroatoms. The molecule has 1 amide bonds. The van der Waals surface area contributed by atoms with Crippen molar-refractivity contribution in [2.45, 2.75) is 59.4 Å². The van der Waals surface area contributed by atoms with E-state index in [-0.39, 0.29) is 17.8 Å². The average molecular weight is 448 g/mol. The van der Waals surface area contributed by atoms with Crippen LogP contribution >= 0.6 is 11.6 Å². The van der Waals surface area contributed by atoms with Gasteiger partial charge in [-0.3, -0.25) is 14.2 Å². The molecule has 2 heterocycles. The summed E-state index contributed by atoms with van der Waals surface area (Å²) in [5.74, 6) is -0.202. The normalized spacial score (nSPS) is 11.2. The summed E-state index contributed by atoms with van der Waals surface area (Å²) < 4.78 is 3.97. The van der Waals surface area contributed by atoms with Gasteiger partial charge in [0.2, 0.25) is 5.91 Å². The van der Waals surface area contributed by atoms with Crippen LogP contribution in [0.4, 0.5) is 5.69 Å². The standard InChI is InChI=1S/C21H26ClN5O4/c1-3-5-10-26-19-18(25(9-4-2)16(13-28)24-19)20(30)27(21(26)31)12-17(29)23-15-8-6-7-14(22)11-15/h6-8,11,28H,3-5,9-10,12-13H2,1-2H3,(H,23,29). The highest BCUT2D eigenvalue weighted by atomic mass is 35.5. The third kappa shape index (κ3) is 4.72. The molecule has 0 fully saturated rings. The van der Waals surface area contributed by atoms with Gasteiger partial charge in [-0.05, 0) is 31.0 Å². The Morgan fingerprint density at radius 3 is 2.55 bits per heavy atom. The van der Waals surface area contributed by atoms with Crippen molar-refractivity contribution in [2.24, 2.45) is 0 Å². The Balaban J connectivity index is 2.11. The van der Waals surface area contributed by atoms with Crippen LogP contribution in [0.25, 0.3) is 11.2 Å². The largest absolute Gasteiger partial charge is 0.388 e. The number of unbranched alkanes of at least 4 members (excludes halogenated alkanes) is 1. The summed E-state index contributed by atoms with van der Waals surface area (Å²) in [6, 6.07) is 6.61. The van der Waals surface area contributed by atoms with Crippen molar-refractivity contribution >= 4 is 34.4 Å². The third-order valence-electron chi connectivity index (χ3n) is 4.93. The van der Waals surface area contributed by atoms with Crippen LogP contribution in [0.15, 0.2) is 33.9 Å². The van der Waals surface area contributed by atoms with E-state index in [1.807, 2.05) is 13.8 Å². The van der Waals surface area contributed by atoms with Crippen LogP contribution in [0.5, 0.6) is 0 Å². The van der Waals surface area contributed by atoms with Crippen LogP contribution < -0.4 is 16.6 Å². The molecule has 0 aliphatic rings.